The van der Waals surface area contributed by atoms with Gasteiger partial charge in [-0.15, -0.1) is 0 Å². The molecule has 0 radical (unpaired) electrons. The molecule has 1 aliphatic rings. The van der Waals surface area contributed by atoms with Crippen LogP contribution in [0.15, 0.2) is 54.7 Å². The number of benzene rings is 2. The summed E-state index contributed by atoms with van der Waals surface area (Å²) in [5.41, 5.74) is 3.15. The van der Waals surface area contributed by atoms with Gasteiger partial charge in [0.2, 0.25) is 5.91 Å². The van der Waals surface area contributed by atoms with Gasteiger partial charge in [-0.2, -0.15) is 5.10 Å². The van der Waals surface area contributed by atoms with E-state index in [1.807, 2.05) is 59.4 Å². The molecule has 3 aromatic rings. The molecular formula is C21H21N3O3. The average molecular weight is 363 g/mol. The molecule has 0 aliphatic carbocycles. The third kappa shape index (κ3) is 3.26. The summed E-state index contributed by atoms with van der Waals surface area (Å²) in [5.74, 6) is 1.99. The quantitative estimate of drug-likeness (QED) is 0.754. The number of carbonyl (C=O) groups is 1. The maximum atomic E-state index is 12.4. The van der Waals surface area contributed by atoms with E-state index in [1.54, 1.807) is 14.2 Å². The highest BCUT2D eigenvalue weighted by molar-refractivity contribution is 5.94. The van der Waals surface area contributed by atoms with Crippen molar-refractivity contribution in [3.05, 3.63) is 71.4 Å². The molecule has 138 valence electrons. The van der Waals surface area contributed by atoms with E-state index >= 15 is 0 Å². The standard InChI is InChI=1S/C21H21N3O3/c1-26-18-9-8-15(10-19(18)27-2)16-11-20(25)23-21-17(16)12-22-24(21)13-14-6-4-3-5-7-14/h3-10,12,16H,11,13H2,1-2H3,(H,23,25). The summed E-state index contributed by atoms with van der Waals surface area (Å²) < 4.78 is 12.6. The number of hydrogen-bond donors (Lipinski definition) is 1. The van der Waals surface area contributed by atoms with Gasteiger partial charge in [0, 0.05) is 17.9 Å². The van der Waals surface area contributed by atoms with Crippen LogP contribution in [0.4, 0.5) is 5.82 Å². The van der Waals surface area contributed by atoms with Gasteiger partial charge in [0.25, 0.3) is 0 Å². The first-order valence-electron chi connectivity index (χ1n) is 8.81. The number of hydrogen-bond acceptors (Lipinski definition) is 4. The molecular weight excluding hydrogens is 342 g/mol. The zero-order valence-corrected chi connectivity index (χ0v) is 15.3. The minimum atomic E-state index is -0.0712. The lowest BCUT2D eigenvalue weighted by atomic mass is 9.87. The van der Waals surface area contributed by atoms with Gasteiger partial charge in [-0.05, 0) is 23.3 Å². The van der Waals surface area contributed by atoms with Crippen molar-refractivity contribution in [3.63, 3.8) is 0 Å². The van der Waals surface area contributed by atoms with E-state index in [2.05, 4.69) is 10.4 Å². The van der Waals surface area contributed by atoms with Gasteiger partial charge in [-0.3, -0.25) is 4.79 Å². The Morgan fingerprint density at radius 2 is 1.89 bits per heavy atom. The van der Waals surface area contributed by atoms with Crippen molar-refractivity contribution in [2.24, 2.45) is 0 Å². The van der Waals surface area contributed by atoms with Crippen LogP contribution < -0.4 is 14.8 Å². The van der Waals surface area contributed by atoms with Crippen LogP contribution in [0, 0.1) is 0 Å². The van der Waals surface area contributed by atoms with Crippen LogP contribution in [-0.4, -0.2) is 29.9 Å². The monoisotopic (exact) mass is 363 g/mol. The van der Waals surface area contributed by atoms with Gasteiger partial charge in [-0.25, -0.2) is 4.68 Å². The highest BCUT2D eigenvalue weighted by Crippen LogP contribution is 2.40. The number of anilines is 1. The van der Waals surface area contributed by atoms with E-state index in [0.717, 1.165) is 22.5 Å². The molecule has 6 nitrogen and oxygen atoms in total. The lowest BCUT2D eigenvalue weighted by molar-refractivity contribution is -0.116. The van der Waals surface area contributed by atoms with Crippen LogP contribution in [0.3, 0.4) is 0 Å². The molecule has 2 aromatic carbocycles. The van der Waals surface area contributed by atoms with Crippen LogP contribution in [-0.2, 0) is 11.3 Å². The lowest BCUT2D eigenvalue weighted by Gasteiger charge is -2.24. The molecule has 1 amide bonds. The number of aromatic nitrogens is 2. The fourth-order valence-electron chi connectivity index (χ4n) is 3.51. The van der Waals surface area contributed by atoms with E-state index in [9.17, 15) is 4.79 Å². The number of fused-ring (bicyclic) bond motifs is 1. The number of rotatable bonds is 5. The van der Waals surface area contributed by atoms with Gasteiger partial charge >= 0.3 is 0 Å². The number of nitrogens with one attached hydrogen (secondary N) is 1. The highest BCUT2D eigenvalue weighted by atomic mass is 16.5. The Labute approximate surface area is 157 Å². The Kier molecular flexibility index (Phi) is 4.54. The molecule has 6 heteroatoms. The first kappa shape index (κ1) is 17.1. The van der Waals surface area contributed by atoms with Gasteiger partial charge < -0.3 is 14.8 Å². The van der Waals surface area contributed by atoms with E-state index < -0.39 is 0 Å². The van der Waals surface area contributed by atoms with Crippen LogP contribution in [0.25, 0.3) is 0 Å². The average Bonchev–Trinajstić information content (AvgIpc) is 3.10. The van der Waals surface area contributed by atoms with Gasteiger partial charge in [0.05, 0.1) is 27.0 Å². The number of nitrogens with zero attached hydrogens (tertiary/aromatic N) is 2. The highest BCUT2D eigenvalue weighted by Gasteiger charge is 2.30. The van der Waals surface area contributed by atoms with E-state index in [0.29, 0.717) is 24.5 Å². The first-order valence-corrected chi connectivity index (χ1v) is 8.81. The molecule has 0 saturated heterocycles. The molecule has 0 spiro atoms. The minimum Gasteiger partial charge on any atom is -0.493 e. The zero-order chi connectivity index (χ0) is 18.8. The number of ether oxygens (including phenoxy) is 2. The van der Waals surface area contributed by atoms with Crippen molar-refractivity contribution in [2.45, 2.75) is 18.9 Å². The number of carbonyl (C=O) groups excluding carboxylic acids is 1. The summed E-state index contributed by atoms with van der Waals surface area (Å²) in [6, 6.07) is 15.8. The smallest absolute Gasteiger partial charge is 0.226 e. The van der Waals surface area contributed by atoms with Gasteiger partial charge in [-0.1, -0.05) is 36.4 Å². The van der Waals surface area contributed by atoms with Crippen molar-refractivity contribution in [2.75, 3.05) is 19.5 Å². The van der Waals surface area contributed by atoms with Gasteiger partial charge in [0.1, 0.15) is 5.82 Å². The number of amides is 1. The number of methoxy groups -OCH3 is 2. The van der Waals surface area contributed by atoms with E-state index in [1.165, 1.54) is 0 Å². The summed E-state index contributed by atoms with van der Waals surface area (Å²) in [4.78, 5) is 12.4. The second-order valence-corrected chi connectivity index (χ2v) is 6.51. The molecule has 0 fully saturated rings. The summed E-state index contributed by atoms with van der Waals surface area (Å²) in [6.07, 6.45) is 2.22. The third-order valence-corrected chi connectivity index (χ3v) is 4.88. The van der Waals surface area contributed by atoms with Crippen molar-refractivity contribution in [3.8, 4) is 11.5 Å². The van der Waals surface area contributed by atoms with Crippen LogP contribution in [0.5, 0.6) is 11.5 Å². The Morgan fingerprint density at radius 1 is 1.11 bits per heavy atom. The molecule has 2 heterocycles. The molecule has 0 saturated carbocycles. The topological polar surface area (TPSA) is 65.4 Å². The Hall–Kier alpha value is -3.28. The van der Waals surface area contributed by atoms with Gasteiger partial charge in [0.15, 0.2) is 11.5 Å². The van der Waals surface area contributed by atoms with Crippen LogP contribution >= 0.6 is 0 Å². The van der Waals surface area contributed by atoms with Crippen LogP contribution in [0.2, 0.25) is 0 Å². The molecule has 1 atom stereocenters. The molecule has 0 bridgehead atoms. The van der Waals surface area contributed by atoms with Crippen molar-refractivity contribution >= 4 is 11.7 Å². The van der Waals surface area contributed by atoms with Crippen molar-refractivity contribution in [1.29, 1.82) is 0 Å². The molecule has 1 aromatic heterocycles. The largest absolute Gasteiger partial charge is 0.493 e. The zero-order valence-electron chi connectivity index (χ0n) is 15.3. The minimum absolute atomic E-state index is 0.0166. The van der Waals surface area contributed by atoms with E-state index in [-0.39, 0.29) is 11.8 Å². The SMILES string of the molecule is COc1ccc(C2CC(=O)Nc3c2cnn3Cc2ccccc2)cc1OC. The Balaban J connectivity index is 1.71. The normalized spacial score (nSPS) is 15.8. The van der Waals surface area contributed by atoms with Crippen LogP contribution in [0.1, 0.15) is 29.0 Å². The summed E-state index contributed by atoms with van der Waals surface area (Å²) >= 11 is 0. The molecule has 4 rings (SSSR count). The lowest BCUT2D eigenvalue weighted by Crippen LogP contribution is -2.25. The summed E-state index contributed by atoms with van der Waals surface area (Å²) in [5, 5.41) is 7.51. The molecule has 1 unspecified atom stereocenters. The van der Waals surface area contributed by atoms with Crippen molar-refractivity contribution in [1.82, 2.24) is 9.78 Å². The molecule has 1 N–H and O–H groups in total. The molecule has 1 aliphatic heterocycles. The Bertz CT molecular complexity index is 966. The predicted molar refractivity (Wildman–Crippen MR) is 102 cm³/mol. The van der Waals surface area contributed by atoms with Crippen molar-refractivity contribution < 1.29 is 14.3 Å². The summed E-state index contributed by atoms with van der Waals surface area (Å²) in [7, 11) is 3.22. The Morgan fingerprint density at radius 3 is 2.63 bits per heavy atom. The third-order valence-electron chi connectivity index (χ3n) is 4.88. The summed E-state index contributed by atoms with van der Waals surface area (Å²) in [6.45, 7) is 0.606. The maximum Gasteiger partial charge on any atom is 0.226 e. The second kappa shape index (κ2) is 7.15. The fourth-order valence-corrected chi connectivity index (χ4v) is 3.51. The second-order valence-electron chi connectivity index (χ2n) is 6.51. The maximum absolute atomic E-state index is 12.4. The molecule has 27 heavy (non-hydrogen) atoms. The van der Waals surface area contributed by atoms with E-state index in [4.69, 9.17) is 9.47 Å². The fraction of sp³-hybridized carbons (Fsp3) is 0.238. The first-order chi connectivity index (χ1) is 13.2. The predicted octanol–water partition coefficient (Wildman–Crippen LogP) is 3.42.